The number of nitrogens with zero attached hydrogens (tertiary/aromatic N) is 2. The standard InChI is InChI=1S/C25H32F3N3O2/c1-24(2,3)33-23(32)29-12-11-19-9-10-22(21(17-19)25(26,27)28)31-15-13-30(14-16-31)18-20-7-5-4-6-8-20/h4-10,17H,11-16,18H2,1-3H3,(H,29,32). The van der Waals surface area contributed by atoms with Gasteiger partial charge in [-0.05, 0) is 50.5 Å². The highest BCUT2D eigenvalue weighted by Gasteiger charge is 2.35. The molecule has 0 saturated carbocycles. The number of rotatable bonds is 6. The van der Waals surface area contributed by atoms with E-state index in [2.05, 4.69) is 22.3 Å². The molecule has 1 saturated heterocycles. The molecule has 8 heteroatoms. The van der Waals surface area contributed by atoms with Gasteiger partial charge in [-0.15, -0.1) is 0 Å². The van der Waals surface area contributed by atoms with E-state index < -0.39 is 23.4 Å². The number of piperazine rings is 1. The molecule has 2 aromatic rings. The minimum atomic E-state index is -4.45. The summed E-state index contributed by atoms with van der Waals surface area (Å²) in [4.78, 5) is 15.8. The quantitative estimate of drug-likeness (QED) is 0.648. The van der Waals surface area contributed by atoms with Crippen LogP contribution in [0, 0.1) is 0 Å². The molecule has 1 aliphatic heterocycles. The largest absolute Gasteiger partial charge is 0.444 e. The maximum atomic E-state index is 13.9. The second-order valence-corrected chi connectivity index (χ2v) is 9.28. The van der Waals surface area contributed by atoms with Gasteiger partial charge in [-0.2, -0.15) is 13.2 Å². The second kappa shape index (κ2) is 10.5. The van der Waals surface area contributed by atoms with Gasteiger partial charge in [0.05, 0.1) is 5.56 Å². The van der Waals surface area contributed by atoms with Crippen molar-refractivity contribution in [1.82, 2.24) is 10.2 Å². The summed E-state index contributed by atoms with van der Waals surface area (Å²) < 4.78 is 46.7. The van der Waals surface area contributed by atoms with Crippen molar-refractivity contribution in [2.45, 2.75) is 45.5 Å². The number of halogens is 3. The van der Waals surface area contributed by atoms with E-state index in [1.165, 1.54) is 11.6 Å². The molecule has 0 bridgehead atoms. The minimum Gasteiger partial charge on any atom is -0.444 e. The topological polar surface area (TPSA) is 44.8 Å². The number of nitrogens with one attached hydrogen (secondary N) is 1. The molecule has 0 unspecified atom stereocenters. The number of alkyl halides is 3. The Balaban J connectivity index is 1.61. The van der Waals surface area contributed by atoms with Crippen molar-refractivity contribution >= 4 is 11.8 Å². The third-order valence-corrected chi connectivity index (χ3v) is 5.41. The molecular formula is C25H32F3N3O2. The van der Waals surface area contributed by atoms with E-state index in [1.807, 2.05) is 23.1 Å². The first-order chi connectivity index (χ1) is 15.5. The predicted molar refractivity (Wildman–Crippen MR) is 123 cm³/mol. The Bertz CT molecular complexity index is 919. The zero-order valence-corrected chi connectivity index (χ0v) is 19.4. The van der Waals surface area contributed by atoms with Crippen LogP contribution in [-0.4, -0.2) is 49.3 Å². The van der Waals surface area contributed by atoms with Gasteiger partial charge in [-0.1, -0.05) is 36.4 Å². The monoisotopic (exact) mass is 463 g/mol. The number of ether oxygens (including phenoxy) is 1. The van der Waals surface area contributed by atoms with E-state index in [0.717, 1.165) is 6.54 Å². The van der Waals surface area contributed by atoms with Crippen LogP contribution in [0.25, 0.3) is 0 Å². The SMILES string of the molecule is CC(C)(C)OC(=O)NCCc1ccc(N2CCN(Cc3ccccc3)CC2)c(C(F)(F)F)c1. The summed E-state index contributed by atoms with van der Waals surface area (Å²) >= 11 is 0. The molecule has 1 amide bonds. The molecule has 3 rings (SSSR count). The summed E-state index contributed by atoms with van der Waals surface area (Å²) in [6.07, 6.45) is -4.75. The Hall–Kier alpha value is -2.74. The van der Waals surface area contributed by atoms with Gasteiger partial charge in [0.25, 0.3) is 0 Å². The predicted octanol–water partition coefficient (Wildman–Crippen LogP) is 5.09. The van der Waals surface area contributed by atoms with Gasteiger partial charge in [0, 0.05) is 45.0 Å². The van der Waals surface area contributed by atoms with Crippen LogP contribution in [-0.2, 0) is 23.9 Å². The molecule has 1 N–H and O–H groups in total. The van der Waals surface area contributed by atoms with Crippen LogP contribution in [0.3, 0.4) is 0 Å². The molecule has 1 fully saturated rings. The first-order valence-corrected chi connectivity index (χ1v) is 11.2. The summed E-state index contributed by atoms with van der Waals surface area (Å²) in [7, 11) is 0. The van der Waals surface area contributed by atoms with Gasteiger partial charge in [-0.3, -0.25) is 4.90 Å². The Morgan fingerprint density at radius 3 is 2.24 bits per heavy atom. The molecule has 2 aromatic carbocycles. The Morgan fingerprint density at radius 2 is 1.64 bits per heavy atom. The number of amides is 1. The number of carbonyl (C=O) groups excluding carboxylic acids is 1. The van der Waals surface area contributed by atoms with Crippen LogP contribution in [0.4, 0.5) is 23.7 Å². The van der Waals surface area contributed by atoms with Gasteiger partial charge in [0.1, 0.15) is 5.60 Å². The average Bonchev–Trinajstić information content (AvgIpc) is 2.73. The van der Waals surface area contributed by atoms with Gasteiger partial charge >= 0.3 is 12.3 Å². The summed E-state index contributed by atoms with van der Waals surface area (Å²) in [6, 6.07) is 14.5. The fourth-order valence-corrected chi connectivity index (χ4v) is 3.85. The van der Waals surface area contributed by atoms with E-state index in [-0.39, 0.29) is 18.7 Å². The lowest BCUT2D eigenvalue weighted by Gasteiger charge is -2.37. The van der Waals surface area contributed by atoms with Crippen LogP contribution in [0.15, 0.2) is 48.5 Å². The Kier molecular flexibility index (Phi) is 7.89. The van der Waals surface area contributed by atoms with Crippen molar-refractivity contribution in [2.24, 2.45) is 0 Å². The maximum absolute atomic E-state index is 13.9. The molecule has 5 nitrogen and oxygen atoms in total. The zero-order valence-electron chi connectivity index (χ0n) is 19.4. The molecular weight excluding hydrogens is 431 g/mol. The van der Waals surface area contributed by atoms with Crippen molar-refractivity contribution in [3.05, 3.63) is 65.2 Å². The molecule has 180 valence electrons. The van der Waals surface area contributed by atoms with E-state index in [9.17, 15) is 18.0 Å². The van der Waals surface area contributed by atoms with Gasteiger partial charge in [0.15, 0.2) is 0 Å². The van der Waals surface area contributed by atoms with E-state index in [0.29, 0.717) is 31.7 Å². The number of carbonyl (C=O) groups is 1. The van der Waals surface area contributed by atoms with Crippen LogP contribution in [0.1, 0.15) is 37.5 Å². The number of anilines is 1. The number of hydrogen-bond donors (Lipinski definition) is 1. The molecule has 0 radical (unpaired) electrons. The highest BCUT2D eigenvalue weighted by Crippen LogP contribution is 2.37. The summed E-state index contributed by atoms with van der Waals surface area (Å²) in [5.74, 6) is 0. The normalized spacial score (nSPS) is 15.4. The molecule has 0 atom stereocenters. The van der Waals surface area contributed by atoms with Crippen molar-refractivity contribution in [3.63, 3.8) is 0 Å². The highest BCUT2D eigenvalue weighted by molar-refractivity contribution is 5.67. The first-order valence-electron chi connectivity index (χ1n) is 11.2. The lowest BCUT2D eigenvalue weighted by Crippen LogP contribution is -2.46. The number of alkyl carbamates (subject to hydrolysis) is 1. The van der Waals surface area contributed by atoms with Gasteiger partial charge in [-0.25, -0.2) is 4.79 Å². The van der Waals surface area contributed by atoms with Crippen LogP contribution >= 0.6 is 0 Å². The fourth-order valence-electron chi connectivity index (χ4n) is 3.85. The van der Waals surface area contributed by atoms with E-state index in [1.54, 1.807) is 32.9 Å². The Morgan fingerprint density at radius 1 is 0.970 bits per heavy atom. The molecule has 1 aliphatic rings. The van der Waals surface area contributed by atoms with E-state index >= 15 is 0 Å². The number of hydrogen-bond acceptors (Lipinski definition) is 4. The summed E-state index contributed by atoms with van der Waals surface area (Å²) in [5, 5.41) is 2.59. The molecule has 0 aliphatic carbocycles. The lowest BCUT2D eigenvalue weighted by molar-refractivity contribution is -0.137. The number of benzene rings is 2. The van der Waals surface area contributed by atoms with Crippen LogP contribution in [0.5, 0.6) is 0 Å². The molecule has 33 heavy (non-hydrogen) atoms. The van der Waals surface area contributed by atoms with Crippen LogP contribution in [0.2, 0.25) is 0 Å². The van der Waals surface area contributed by atoms with Crippen molar-refractivity contribution in [1.29, 1.82) is 0 Å². The van der Waals surface area contributed by atoms with Crippen molar-refractivity contribution in [2.75, 3.05) is 37.6 Å². The second-order valence-electron chi connectivity index (χ2n) is 9.28. The third kappa shape index (κ3) is 7.67. The summed E-state index contributed by atoms with van der Waals surface area (Å²) in [6.45, 7) is 8.73. The fraction of sp³-hybridized carbons (Fsp3) is 0.480. The lowest BCUT2D eigenvalue weighted by atomic mass is 10.0. The van der Waals surface area contributed by atoms with Gasteiger partial charge < -0.3 is 15.0 Å². The van der Waals surface area contributed by atoms with Gasteiger partial charge in [0.2, 0.25) is 0 Å². The first kappa shape index (κ1) is 24.9. The van der Waals surface area contributed by atoms with Crippen LogP contribution < -0.4 is 10.2 Å². The molecule has 0 spiro atoms. The third-order valence-electron chi connectivity index (χ3n) is 5.41. The molecule has 0 aromatic heterocycles. The average molecular weight is 464 g/mol. The highest BCUT2D eigenvalue weighted by atomic mass is 19.4. The Labute approximate surface area is 193 Å². The van der Waals surface area contributed by atoms with Crippen molar-refractivity contribution < 1.29 is 22.7 Å². The zero-order chi connectivity index (χ0) is 24.1. The smallest absolute Gasteiger partial charge is 0.418 e. The summed E-state index contributed by atoms with van der Waals surface area (Å²) in [5.41, 5.74) is 0.677. The van der Waals surface area contributed by atoms with E-state index in [4.69, 9.17) is 4.74 Å². The maximum Gasteiger partial charge on any atom is 0.418 e. The molecule has 1 heterocycles. The van der Waals surface area contributed by atoms with Crippen molar-refractivity contribution in [3.8, 4) is 0 Å². The minimum absolute atomic E-state index is 0.198.